The van der Waals surface area contributed by atoms with Gasteiger partial charge in [0.2, 0.25) is 65.0 Å². The van der Waals surface area contributed by atoms with E-state index in [2.05, 4.69) is 93.4 Å². The molecule has 0 aliphatic rings. The normalized spacial score (nSPS) is 14.0. The van der Waals surface area contributed by atoms with Crippen LogP contribution in [0, 0.1) is 5.92 Å². The molecule has 0 bridgehead atoms. The number of carbonyl (C=O) groups excluding carboxylic acids is 11. The first-order valence-corrected chi connectivity index (χ1v) is 31.8. The Morgan fingerprint density at radius 3 is 1.31 bits per heavy atom. The highest BCUT2D eigenvalue weighted by molar-refractivity contribution is 7.80. The first kappa shape index (κ1) is 80.9. The zero-order valence-corrected chi connectivity index (χ0v) is 54.8. The third kappa shape index (κ3) is 32.4. The number of carbonyl (C=O) groups is 11. The van der Waals surface area contributed by atoms with Gasteiger partial charge < -0.3 is 110 Å². The number of thiol groups is 2. The van der Waals surface area contributed by atoms with E-state index in [0.29, 0.717) is 36.9 Å². The second kappa shape index (κ2) is 44.4. The molecule has 36 heteroatoms. The summed E-state index contributed by atoms with van der Waals surface area (Å²) in [7, 11) is 0. The molecule has 0 saturated carbocycles. The molecule has 2 aromatic carbocycles. The van der Waals surface area contributed by atoms with E-state index >= 15 is 0 Å². The van der Waals surface area contributed by atoms with Crippen molar-refractivity contribution in [1.82, 2.24) is 53.2 Å². The number of aliphatic imine (C=N–C) groups is 3. The Morgan fingerprint density at radius 2 is 0.862 bits per heavy atom. The van der Waals surface area contributed by atoms with E-state index < -0.39 is 138 Å². The van der Waals surface area contributed by atoms with Gasteiger partial charge in [0.1, 0.15) is 54.1 Å². The molecule has 0 radical (unpaired) electrons. The summed E-state index contributed by atoms with van der Waals surface area (Å²) >= 11 is 8.63. The monoisotopic (exact) mass is 1360 g/mol. The summed E-state index contributed by atoms with van der Waals surface area (Å²) in [6, 6.07) is 2.62. The van der Waals surface area contributed by atoms with Crippen LogP contribution in [0.4, 0.5) is 0 Å². The standard InChI is InChI=1S/C58H96N22O12S2/c1-3-32(2)46(55(92)79-43(31-94)54(91)76-38(15-9-23-68-56(62)63)49(86)74-37(47(61)84)14-7-8-22-59)80-51(88)40(17-11-25-70-58(66)67)75-50(87)39(16-10-24-69-57(64)65)77-53(90)42(30-93)78-52(89)41(27-33-12-5-4-6-13-33)73-45(83)29-71-44(82)28-72-48(85)36(60)26-34-18-20-35(81)21-19-34/h4-6,12-13,18-21,32,36-43,46,81,93-94H,3,7-11,14-17,22-31,59-60H2,1-2H3,(H2,61,84)(H,71,82)(H,72,85)(H,73,83)(H,74,86)(H,75,87)(H,76,91)(H,77,90)(H,78,89)(H,79,92)(H,80,88)(H4,62,63,68)(H4,64,65,69)(H4,66,67,70)/t32-,36-,37-,38-,39-,40-,41-,42-,43-,46-/m0/s1. The van der Waals surface area contributed by atoms with Gasteiger partial charge in [0.15, 0.2) is 17.9 Å². The minimum absolute atomic E-state index is 0.0110. The highest BCUT2D eigenvalue weighted by atomic mass is 32.1. The molecule has 34 nitrogen and oxygen atoms in total. The van der Waals surface area contributed by atoms with Crippen molar-refractivity contribution in [3.05, 3.63) is 65.7 Å². The number of nitrogens with one attached hydrogen (secondary N) is 10. The van der Waals surface area contributed by atoms with Gasteiger partial charge in [-0.2, -0.15) is 25.3 Å². The van der Waals surface area contributed by atoms with Gasteiger partial charge in [0.05, 0.1) is 19.1 Å². The number of unbranched alkanes of at least 4 members (excludes halogenated alkanes) is 1. The van der Waals surface area contributed by atoms with E-state index in [1.165, 1.54) is 12.1 Å². The van der Waals surface area contributed by atoms with Gasteiger partial charge in [-0.3, -0.25) is 67.7 Å². The second-order valence-electron chi connectivity index (χ2n) is 21.9. The molecule has 2 rings (SSSR count). The third-order valence-electron chi connectivity index (χ3n) is 14.3. The molecule has 0 fully saturated rings. The number of aromatic hydroxyl groups is 1. The lowest BCUT2D eigenvalue weighted by atomic mass is 9.97. The lowest BCUT2D eigenvalue weighted by Crippen LogP contribution is -2.61. The van der Waals surface area contributed by atoms with E-state index in [0.717, 1.165) is 0 Å². The van der Waals surface area contributed by atoms with E-state index in [9.17, 15) is 57.8 Å². The highest BCUT2D eigenvalue weighted by Gasteiger charge is 2.36. The number of nitrogens with two attached hydrogens (primary N) is 9. The lowest BCUT2D eigenvalue weighted by molar-refractivity contribution is -0.136. The Kier molecular flexibility index (Phi) is 38.2. The van der Waals surface area contributed by atoms with Crippen LogP contribution in [0.25, 0.3) is 0 Å². The largest absolute Gasteiger partial charge is 0.508 e. The summed E-state index contributed by atoms with van der Waals surface area (Å²) in [6.45, 7) is 2.59. The fraction of sp³-hybridized carbons (Fsp3) is 0.552. The maximum absolute atomic E-state index is 14.5. The van der Waals surface area contributed by atoms with Gasteiger partial charge >= 0.3 is 0 Å². The van der Waals surface area contributed by atoms with Crippen molar-refractivity contribution < 1.29 is 57.8 Å². The van der Waals surface area contributed by atoms with Gasteiger partial charge in [-0.05, 0) is 99.9 Å². The minimum Gasteiger partial charge on any atom is -0.508 e. The molecule has 0 saturated heterocycles. The van der Waals surface area contributed by atoms with Crippen LogP contribution in [-0.4, -0.2) is 193 Å². The van der Waals surface area contributed by atoms with Gasteiger partial charge in [-0.15, -0.1) is 0 Å². The minimum atomic E-state index is -1.47. The van der Waals surface area contributed by atoms with Crippen LogP contribution in [0.5, 0.6) is 5.75 Å². The number of rotatable bonds is 45. The molecule has 29 N–H and O–H groups in total. The maximum atomic E-state index is 14.5. The smallest absolute Gasteiger partial charge is 0.244 e. The first-order valence-electron chi connectivity index (χ1n) is 30.5. The first-order chi connectivity index (χ1) is 44.6. The van der Waals surface area contributed by atoms with Crippen molar-refractivity contribution in [3.63, 3.8) is 0 Å². The summed E-state index contributed by atoms with van der Waals surface area (Å²) < 4.78 is 0. The Bertz CT molecular complexity index is 2880. The SMILES string of the molecule is CC[C@H](C)[C@H](NC(=O)[C@H](CCCN=C(N)N)NC(=O)[C@H](CCCN=C(N)N)NC(=O)[C@H](CS)NC(=O)[C@H](Cc1ccccc1)NC(=O)CNC(=O)CNC(=O)[C@@H](N)Cc1ccc(O)cc1)C(=O)N[C@@H](CS)C(=O)N[C@@H](CCCN=C(N)N)C(=O)N[C@@H](CCCCN)C(N)=O. The van der Waals surface area contributed by atoms with E-state index in [-0.39, 0.29) is 113 Å². The average molecular weight is 1360 g/mol. The highest BCUT2D eigenvalue weighted by Crippen LogP contribution is 2.14. The zero-order chi connectivity index (χ0) is 70.3. The number of guanidine groups is 3. The van der Waals surface area contributed by atoms with Crippen molar-refractivity contribution in [2.75, 3.05) is 50.8 Å². The number of phenolic OH excluding ortho intramolecular Hbond substituents is 1. The summed E-state index contributed by atoms with van der Waals surface area (Å²) in [5, 5.41) is 35.2. The molecule has 0 aliphatic heterocycles. The van der Waals surface area contributed by atoms with Crippen molar-refractivity contribution in [2.45, 2.75) is 145 Å². The van der Waals surface area contributed by atoms with Crippen LogP contribution in [0.1, 0.15) is 89.2 Å². The summed E-state index contributed by atoms with van der Waals surface area (Å²) in [5.74, 6) is -11.1. The Hall–Kier alpha value is -9.16. The maximum Gasteiger partial charge on any atom is 0.244 e. The number of phenols is 1. The van der Waals surface area contributed by atoms with Crippen molar-refractivity contribution in [3.8, 4) is 5.75 Å². The molecule has 0 aliphatic carbocycles. The number of hydrogen-bond acceptors (Lipinski definition) is 19. The molecular weight excluding hydrogens is 1260 g/mol. The van der Waals surface area contributed by atoms with Crippen LogP contribution >= 0.6 is 25.3 Å². The number of primary amides is 1. The molecule has 0 heterocycles. The number of benzene rings is 2. The summed E-state index contributed by atoms with van der Waals surface area (Å²) in [4.78, 5) is 162. The zero-order valence-electron chi connectivity index (χ0n) is 53.0. The fourth-order valence-electron chi connectivity index (χ4n) is 8.89. The van der Waals surface area contributed by atoms with Crippen LogP contribution in [-0.2, 0) is 65.6 Å². The lowest BCUT2D eigenvalue weighted by Gasteiger charge is -2.29. The quantitative estimate of drug-likeness (QED) is 0.0127. The molecule has 11 amide bonds. The summed E-state index contributed by atoms with van der Waals surface area (Å²) in [5.41, 5.74) is 51.6. The topological polar surface area (TPSA) is 600 Å². The van der Waals surface area contributed by atoms with Gasteiger partial charge in [-0.25, -0.2) is 0 Å². The molecule has 522 valence electrons. The third-order valence-corrected chi connectivity index (χ3v) is 15.0. The molecule has 10 atom stereocenters. The Labute approximate surface area is 556 Å². The van der Waals surface area contributed by atoms with Crippen molar-refractivity contribution in [2.24, 2.45) is 72.5 Å². The van der Waals surface area contributed by atoms with Crippen LogP contribution in [0.15, 0.2) is 69.6 Å². The second-order valence-corrected chi connectivity index (χ2v) is 22.6. The van der Waals surface area contributed by atoms with Gasteiger partial charge in [0, 0.05) is 37.6 Å². The van der Waals surface area contributed by atoms with Gasteiger partial charge in [0.25, 0.3) is 0 Å². The van der Waals surface area contributed by atoms with E-state index in [4.69, 9.17) is 51.6 Å². The number of amides is 11. The molecule has 94 heavy (non-hydrogen) atoms. The molecular formula is C58H96N22O12S2. The molecule has 2 aromatic rings. The van der Waals surface area contributed by atoms with E-state index in [1.54, 1.807) is 56.3 Å². The number of nitrogens with zero attached hydrogens (tertiary/aromatic N) is 3. The predicted octanol–water partition coefficient (Wildman–Crippen LogP) is -6.70. The Balaban J connectivity index is 2.39. The summed E-state index contributed by atoms with van der Waals surface area (Å²) in [6.07, 6.45) is 1.55. The van der Waals surface area contributed by atoms with Crippen LogP contribution < -0.4 is 105 Å². The van der Waals surface area contributed by atoms with Crippen molar-refractivity contribution >= 4 is 108 Å². The van der Waals surface area contributed by atoms with E-state index in [1.807, 2.05) is 0 Å². The predicted molar refractivity (Wildman–Crippen MR) is 360 cm³/mol. The Morgan fingerprint density at radius 1 is 0.457 bits per heavy atom. The van der Waals surface area contributed by atoms with Crippen molar-refractivity contribution in [1.29, 1.82) is 0 Å². The fourth-order valence-corrected chi connectivity index (χ4v) is 9.40. The molecule has 0 unspecified atom stereocenters. The van der Waals surface area contributed by atoms with Crippen LogP contribution in [0.3, 0.4) is 0 Å². The van der Waals surface area contributed by atoms with Gasteiger partial charge in [-0.1, -0.05) is 62.7 Å². The van der Waals surface area contributed by atoms with Crippen LogP contribution in [0.2, 0.25) is 0 Å². The molecule has 0 aromatic heterocycles. The average Bonchev–Trinajstić information content (AvgIpc) is 0.959. The molecule has 0 spiro atoms. The number of hydrogen-bond donors (Lipinski definition) is 22.